The average Bonchev–Trinajstić information content (AvgIpc) is 2.73. The van der Waals surface area contributed by atoms with E-state index in [0.717, 1.165) is 35.6 Å². The summed E-state index contributed by atoms with van der Waals surface area (Å²) in [6, 6.07) is 17.4. The Kier molecular flexibility index (Phi) is 5.40. The van der Waals surface area contributed by atoms with E-state index >= 15 is 0 Å². The van der Waals surface area contributed by atoms with Crippen molar-refractivity contribution in [1.82, 2.24) is 0 Å². The zero-order chi connectivity index (χ0) is 19.5. The fourth-order valence-electron chi connectivity index (χ4n) is 4.23. The van der Waals surface area contributed by atoms with Crippen molar-refractivity contribution >= 4 is 10.8 Å². The SMILES string of the molecule is CCOc1cc2c(cc1OCC)[C@@H](c1ccc(OC)c3ccccc13)[NH2+]CC2. The van der Waals surface area contributed by atoms with Gasteiger partial charge in [0.1, 0.15) is 11.8 Å². The Labute approximate surface area is 166 Å². The van der Waals surface area contributed by atoms with Crippen molar-refractivity contribution in [3.05, 3.63) is 65.2 Å². The summed E-state index contributed by atoms with van der Waals surface area (Å²) in [7, 11) is 1.73. The van der Waals surface area contributed by atoms with E-state index in [1.807, 2.05) is 13.8 Å². The summed E-state index contributed by atoms with van der Waals surface area (Å²) in [5.74, 6) is 2.60. The van der Waals surface area contributed by atoms with E-state index in [1.165, 1.54) is 22.1 Å². The Morgan fingerprint density at radius 3 is 2.29 bits per heavy atom. The molecule has 0 spiro atoms. The number of hydrogen-bond acceptors (Lipinski definition) is 3. The molecule has 28 heavy (non-hydrogen) atoms. The molecule has 0 bridgehead atoms. The van der Waals surface area contributed by atoms with Crippen LogP contribution >= 0.6 is 0 Å². The van der Waals surface area contributed by atoms with Crippen LogP contribution in [0.2, 0.25) is 0 Å². The van der Waals surface area contributed by atoms with Gasteiger partial charge in [0.2, 0.25) is 0 Å². The number of fused-ring (bicyclic) bond motifs is 2. The Morgan fingerprint density at radius 2 is 1.57 bits per heavy atom. The monoisotopic (exact) mass is 378 g/mol. The molecule has 2 N–H and O–H groups in total. The molecule has 0 fully saturated rings. The van der Waals surface area contributed by atoms with Gasteiger partial charge in [-0.15, -0.1) is 0 Å². The number of quaternary nitrogens is 1. The number of ether oxygens (including phenoxy) is 3. The van der Waals surface area contributed by atoms with Gasteiger partial charge >= 0.3 is 0 Å². The third-order valence-electron chi connectivity index (χ3n) is 5.43. The van der Waals surface area contributed by atoms with Crippen LogP contribution < -0.4 is 19.5 Å². The Morgan fingerprint density at radius 1 is 0.857 bits per heavy atom. The number of hydrogen-bond donors (Lipinski definition) is 1. The van der Waals surface area contributed by atoms with Crippen molar-refractivity contribution in [3.8, 4) is 17.2 Å². The molecule has 4 rings (SSSR count). The highest BCUT2D eigenvalue weighted by atomic mass is 16.5. The molecule has 4 nitrogen and oxygen atoms in total. The number of benzene rings is 3. The molecule has 1 aliphatic heterocycles. The Bertz CT molecular complexity index is 983. The number of rotatable bonds is 6. The summed E-state index contributed by atoms with van der Waals surface area (Å²) < 4.78 is 17.3. The normalized spacial score (nSPS) is 15.9. The Balaban J connectivity index is 1.86. The van der Waals surface area contributed by atoms with Gasteiger partial charge in [0.15, 0.2) is 11.5 Å². The molecule has 146 valence electrons. The largest absolute Gasteiger partial charge is 0.496 e. The summed E-state index contributed by atoms with van der Waals surface area (Å²) in [5, 5.41) is 4.81. The van der Waals surface area contributed by atoms with Crippen LogP contribution in [0.3, 0.4) is 0 Å². The smallest absolute Gasteiger partial charge is 0.161 e. The molecule has 0 saturated carbocycles. The third-order valence-corrected chi connectivity index (χ3v) is 5.43. The average molecular weight is 378 g/mol. The van der Waals surface area contributed by atoms with Crippen molar-refractivity contribution in [2.24, 2.45) is 0 Å². The highest BCUT2D eigenvalue weighted by molar-refractivity contribution is 5.91. The van der Waals surface area contributed by atoms with Gasteiger partial charge in [-0.25, -0.2) is 0 Å². The summed E-state index contributed by atoms with van der Waals surface area (Å²) in [5.41, 5.74) is 3.97. The fraction of sp³-hybridized carbons (Fsp3) is 0.333. The van der Waals surface area contributed by atoms with E-state index in [0.29, 0.717) is 13.2 Å². The maximum absolute atomic E-state index is 5.90. The standard InChI is InChI=1S/C24H27NO3/c1-4-27-22-14-16-12-13-25-24(20(16)15-23(22)28-5-2)19-10-11-21(26-3)18-9-7-6-8-17(18)19/h6-11,14-15,24-25H,4-5,12-13H2,1-3H3/p+1/t24-/m1/s1. The maximum Gasteiger partial charge on any atom is 0.161 e. The molecule has 0 amide bonds. The van der Waals surface area contributed by atoms with Crippen LogP contribution in [0, 0.1) is 0 Å². The van der Waals surface area contributed by atoms with Gasteiger partial charge in [0.25, 0.3) is 0 Å². The minimum Gasteiger partial charge on any atom is -0.496 e. The molecule has 0 aromatic heterocycles. The van der Waals surface area contributed by atoms with Crippen molar-refractivity contribution in [2.75, 3.05) is 26.9 Å². The molecule has 0 unspecified atom stereocenters. The van der Waals surface area contributed by atoms with E-state index in [2.05, 4.69) is 53.8 Å². The van der Waals surface area contributed by atoms with Crippen molar-refractivity contribution < 1.29 is 19.5 Å². The first-order valence-electron chi connectivity index (χ1n) is 10.1. The van der Waals surface area contributed by atoms with Crippen LogP contribution in [0.25, 0.3) is 10.8 Å². The topological polar surface area (TPSA) is 44.3 Å². The summed E-state index contributed by atoms with van der Waals surface area (Å²) in [6.07, 6.45) is 1.03. The van der Waals surface area contributed by atoms with E-state index < -0.39 is 0 Å². The zero-order valence-electron chi connectivity index (χ0n) is 16.8. The lowest BCUT2D eigenvalue weighted by atomic mass is 9.87. The molecule has 0 radical (unpaired) electrons. The Hall–Kier alpha value is -2.72. The van der Waals surface area contributed by atoms with E-state index in [1.54, 1.807) is 7.11 Å². The van der Waals surface area contributed by atoms with Crippen LogP contribution in [0.1, 0.15) is 36.6 Å². The van der Waals surface area contributed by atoms with Crippen molar-refractivity contribution in [2.45, 2.75) is 26.3 Å². The van der Waals surface area contributed by atoms with Crippen LogP contribution in [-0.4, -0.2) is 26.9 Å². The second-order valence-corrected chi connectivity index (χ2v) is 7.02. The van der Waals surface area contributed by atoms with Crippen LogP contribution in [-0.2, 0) is 6.42 Å². The summed E-state index contributed by atoms with van der Waals surface area (Å²) in [4.78, 5) is 0. The van der Waals surface area contributed by atoms with E-state index in [-0.39, 0.29) is 6.04 Å². The summed E-state index contributed by atoms with van der Waals surface area (Å²) in [6.45, 7) is 6.33. The molecule has 3 aromatic rings. The molecule has 4 heteroatoms. The first-order valence-corrected chi connectivity index (χ1v) is 10.1. The van der Waals surface area contributed by atoms with Crippen molar-refractivity contribution in [1.29, 1.82) is 0 Å². The van der Waals surface area contributed by atoms with Crippen LogP contribution in [0.4, 0.5) is 0 Å². The van der Waals surface area contributed by atoms with Gasteiger partial charge in [0.05, 0.1) is 26.9 Å². The van der Waals surface area contributed by atoms with Crippen molar-refractivity contribution in [3.63, 3.8) is 0 Å². The molecule has 3 aromatic carbocycles. The summed E-state index contributed by atoms with van der Waals surface area (Å²) >= 11 is 0. The molecule has 0 saturated heterocycles. The molecular weight excluding hydrogens is 350 g/mol. The van der Waals surface area contributed by atoms with Gasteiger partial charge in [-0.3, -0.25) is 0 Å². The zero-order valence-corrected chi connectivity index (χ0v) is 16.8. The molecular formula is C24H28NO3+. The molecule has 0 aliphatic carbocycles. The van der Waals surface area contributed by atoms with Crippen LogP contribution in [0.15, 0.2) is 48.5 Å². The predicted octanol–water partition coefficient (Wildman–Crippen LogP) is 3.85. The lowest BCUT2D eigenvalue weighted by Gasteiger charge is -2.27. The number of nitrogens with two attached hydrogens (primary N) is 1. The molecule has 1 atom stereocenters. The van der Waals surface area contributed by atoms with E-state index in [4.69, 9.17) is 14.2 Å². The molecule has 1 aliphatic rings. The van der Waals surface area contributed by atoms with Gasteiger partial charge in [-0.1, -0.05) is 24.3 Å². The van der Waals surface area contributed by atoms with Gasteiger partial charge in [-0.2, -0.15) is 0 Å². The lowest BCUT2D eigenvalue weighted by Crippen LogP contribution is -2.87. The van der Waals surface area contributed by atoms with Gasteiger partial charge in [0, 0.05) is 22.9 Å². The predicted molar refractivity (Wildman–Crippen MR) is 112 cm³/mol. The minimum atomic E-state index is 0.231. The van der Waals surface area contributed by atoms with Crippen LogP contribution in [0.5, 0.6) is 17.2 Å². The minimum absolute atomic E-state index is 0.231. The third kappa shape index (κ3) is 3.29. The van der Waals surface area contributed by atoms with Gasteiger partial charge < -0.3 is 19.5 Å². The highest BCUT2D eigenvalue weighted by Gasteiger charge is 2.29. The highest BCUT2D eigenvalue weighted by Crippen LogP contribution is 2.39. The first-order chi connectivity index (χ1) is 13.8. The number of methoxy groups -OCH3 is 1. The molecule has 1 heterocycles. The maximum atomic E-state index is 5.90. The fourth-order valence-corrected chi connectivity index (χ4v) is 4.23. The van der Waals surface area contributed by atoms with Gasteiger partial charge in [-0.05, 0) is 49.1 Å². The first kappa shape index (κ1) is 18.6. The quantitative estimate of drug-likeness (QED) is 0.708. The second kappa shape index (κ2) is 8.11. The lowest BCUT2D eigenvalue weighted by molar-refractivity contribution is -0.689. The van der Waals surface area contributed by atoms with E-state index in [9.17, 15) is 0 Å². The second-order valence-electron chi connectivity index (χ2n) is 7.02.